The molecular formula is C26H35ClN2O3. The summed E-state index contributed by atoms with van der Waals surface area (Å²) < 4.78 is 5.72. The Labute approximate surface area is 197 Å². The van der Waals surface area contributed by atoms with Crippen molar-refractivity contribution in [2.75, 3.05) is 6.61 Å². The van der Waals surface area contributed by atoms with Crippen molar-refractivity contribution in [1.82, 2.24) is 10.2 Å². The highest BCUT2D eigenvalue weighted by molar-refractivity contribution is 6.30. The van der Waals surface area contributed by atoms with Gasteiger partial charge in [0.05, 0.1) is 6.61 Å². The van der Waals surface area contributed by atoms with Gasteiger partial charge in [-0.15, -0.1) is 0 Å². The number of rotatable bonds is 12. The van der Waals surface area contributed by atoms with Gasteiger partial charge in [0.15, 0.2) is 0 Å². The van der Waals surface area contributed by atoms with E-state index in [0.29, 0.717) is 37.4 Å². The number of hydrogen-bond acceptors (Lipinski definition) is 3. The molecule has 0 unspecified atom stereocenters. The third-order valence-corrected chi connectivity index (χ3v) is 5.73. The van der Waals surface area contributed by atoms with Crippen LogP contribution in [-0.4, -0.2) is 35.4 Å². The van der Waals surface area contributed by atoms with E-state index in [-0.39, 0.29) is 17.9 Å². The molecule has 0 aliphatic rings. The molecule has 0 spiro atoms. The van der Waals surface area contributed by atoms with Crippen molar-refractivity contribution < 1.29 is 14.3 Å². The lowest BCUT2D eigenvalue weighted by atomic mass is 10.1. The van der Waals surface area contributed by atoms with Gasteiger partial charge in [0, 0.05) is 24.0 Å². The van der Waals surface area contributed by atoms with E-state index in [1.807, 2.05) is 52.0 Å². The van der Waals surface area contributed by atoms with E-state index >= 15 is 0 Å². The van der Waals surface area contributed by atoms with Crippen LogP contribution in [0, 0.1) is 6.92 Å². The molecule has 5 nitrogen and oxygen atoms in total. The summed E-state index contributed by atoms with van der Waals surface area (Å²) in [5.41, 5.74) is 2.17. The van der Waals surface area contributed by atoms with Crippen LogP contribution in [0.2, 0.25) is 5.02 Å². The van der Waals surface area contributed by atoms with E-state index in [2.05, 4.69) is 5.32 Å². The molecule has 0 fully saturated rings. The normalized spacial score (nSPS) is 12.7. The van der Waals surface area contributed by atoms with Crippen LogP contribution < -0.4 is 10.1 Å². The number of hydrogen-bond donors (Lipinski definition) is 1. The second kappa shape index (κ2) is 13.1. The van der Waals surface area contributed by atoms with E-state index in [1.54, 1.807) is 29.2 Å². The van der Waals surface area contributed by atoms with Gasteiger partial charge in [-0.2, -0.15) is 0 Å². The smallest absolute Gasteiger partial charge is 0.243 e. The molecule has 0 aromatic heterocycles. The number of benzene rings is 2. The van der Waals surface area contributed by atoms with E-state index in [0.717, 1.165) is 23.3 Å². The third-order valence-electron chi connectivity index (χ3n) is 5.48. The fraction of sp³-hybridized carbons (Fsp3) is 0.462. The van der Waals surface area contributed by atoms with E-state index in [1.165, 1.54) is 0 Å². The molecule has 0 radical (unpaired) electrons. The topological polar surface area (TPSA) is 58.6 Å². The van der Waals surface area contributed by atoms with Crippen LogP contribution in [0.25, 0.3) is 0 Å². The first-order chi connectivity index (χ1) is 15.3. The first-order valence-corrected chi connectivity index (χ1v) is 11.8. The molecule has 0 heterocycles. The Kier molecular flexibility index (Phi) is 10.5. The van der Waals surface area contributed by atoms with Crippen molar-refractivity contribution in [3.8, 4) is 5.75 Å². The molecular weight excluding hydrogens is 424 g/mol. The fourth-order valence-corrected chi connectivity index (χ4v) is 3.46. The van der Waals surface area contributed by atoms with E-state index in [4.69, 9.17) is 16.3 Å². The highest BCUT2D eigenvalue weighted by Gasteiger charge is 2.28. The standard InChI is InChI=1S/C26H35ClN2O3/c1-5-20(4)28-26(31)24(6-2)29(18-21-11-9-19(3)10-12-21)25(30)8-7-17-32-23-15-13-22(27)14-16-23/h9-16,20,24H,5-8,17-18H2,1-4H3,(H,28,31)/t20-,24+/m0/s1. The molecule has 2 aromatic carbocycles. The number of nitrogens with zero attached hydrogens (tertiary/aromatic N) is 1. The van der Waals surface area contributed by atoms with Crippen molar-refractivity contribution in [3.05, 3.63) is 64.7 Å². The molecule has 0 saturated carbocycles. The Bertz CT molecular complexity index is 852. The number of nitrogens with one attached hydrogen (secondary N) is 1. The quantitative estimate of drug-likeness (QED) is 0.425. The van der Waals surface area contributed by atoms with Gasteiger partial charge in [-0.25, -0.2) is 0 Å². The zero-order valence-electron chi connectivity index (χ0n) is 19.6. The first kappa shape index (κ1) is 25.7. The molecule has 32 heavy (non-hydrogen) atoms. The summed E-state index contributed by atoms with van der Waals surface area (Å²) in [4.78, 5) is 27.9. The zero-order chi connectivity index (χ0) is 23.5. The van der Waals surface area contributed by atoms with Crippen LogP contribution in [0.3, 0.4) is 0 Å². The molecule has 0 bridgehead atoms. The lowest BCUT2D eigenvalue weighted by molar-refractivity contribution is -0.141. The number of carbonyl (C=O) groups excluding carboxylic acids is 2. The monoisotopic (exact) mass is 458 g/mol. The van der Waals surface area contributed by atoms with Crippen LogP contribution >= 0.6 is 11.6 Å². The lowest BCUT2D eigenvalue weighted by Gasteiger charge is -2.31. The zero-order valence-corrected chi connectivity index (χ0v) is 20.3. The lowest BCUT2D eigenvalue weighted by Crippen LogP contribution is -2.50. The molecule has 0 saturated heterocycles. The second-order valence-electron chi connectivity index (χ2n) is 8.16. The molecule has 6 heteroatoms. The Balaban J connectivity index is 2.05. The Hall–Kier alpha value is -2.53. The van der Waals surface area contributed by atoms with Gasteiger partial charge >= 0.3 is 0 Å². The summed E-state index contributed by atoms with van der Waals surface area (Å²) in [6.45, 7) is 8.81. The van der Waals surface area contributed by atoms with Crippen LogP contribution in [0.1, 0.15) is 57.6 Å². The molecule has 0 aliphatic carbocycles. The number of amides is 2. The minimum absolute atomic E-state index is 0.0450. The van der Waals surface area contributed by atoms with Crippen LogP contribution in [-0.2, 0) is 16.1 Å². The summed E-state index contributed by atoms with van der Waals surface area (Å²) in [5.74, 6) is 0.578. The van der Waals surface area contributed by atoms with Gasteiger partial charge in [-0.05, 0) is 62.9 Å². The van der Waals surface area contributed by atoms with Gasteiger partial charge in [-0.3, -0.25) is 9.59 Å². The predicted molar refractivity (Wildman–Crippen MR) is 130 cm³/mol. The second-order valence-corrected chi connectivity index (χ2v) is 8.59. The molecule has 0 aliphatic heterocycles. The SMILES string of the molecule is CC[C@H](C(=O)N[C@@H](C)CC)N(Cc1ccc(C)cc1)C(=O)CCCOc1ccc(Cl)cc1. The van der Waals surface area contributed by atoms with Gasteiger partial charge in [0.2, 0.25) is 11.8 Å². The van der Waals surface area contributed by atoms with E-state index in [9.17, 15) is 9.59 Å². The average molecular weight is 459 g/mol. The highest BCUT2D eigenvalue weighted by atomic mass is 35.5. The van der Waals surface area contributed by atoms with Crippen molar-refractivity contribution >= 4 is 23.4 Å². The van der Waals surface area contributed by atoms with Gasteiger partial charge < -0.3 is 15.0 Å². The van der Waals surface area contributed by atoms with Crippen molar-refractivity contribution in [3.63, 3.8) is 0 Å². The average Bonchev–Trinajstić information content (AvgIpc) is 2.78. The van der Waals surface area contributed by atoms with Crippen LogP contribution in [0.15, 0.2) is 48.5 Å². The molecule has 2 rings (SSSR count). The largest absolute Gasteiger partial charge is 0.494 e. The summed E-state index contributed by atoms with van der Waals surface area (Å²) in [6, 6.07) is 14.8. The third kappa shape index (κ3) is 8.19. The highest BCUT2D eigenvalue weighted by Crippen LogP contribution is 2.17. The molecule has 2 amide bonds. The van der Waals surface area contributed by atoms with Gasteiger partial charge in [0.25, 0.3) is 0 Å². The van der Waals surface area contributed by atoms with Gasteiger partial charge in [0.1, 0.15) is 11.8 Å². The first-order valence-electron chi connectivity index (χ1n) is 11.4. The van der Waals surface area contributed by atoms with Crippen molar-refractivity contribution in [2.45, 2.75) is 72.0 Å². The summed E-state index contributed by atoms with van der Waals surface area (Å²) in [7, 11) is 0. The Morgan fingerprint density at radius 1 is 1.03 bits per heavy atom. The summed E-state index contributed by atoms with van der Waals surface area (Å²) in [6.07, 6.45) is 2.28. The number of aryl methyl sites for hydroxylation is 1. The number of halogens is 1. The maximum atomic E-state index is 13.2. The minimum Gasteiger partial charge on any atom is -0.494 e. The predicted octanol–water partition coefficient (Wildman–Crippen LogP) is 5.53. The van der Waals surface area contributed by atoms with Crippen molar-refractivity contribution in [2.24, 2.45) is 0 Å². The Morgan fingerprint density at radius 3 is 2.28 bits per heavy atom. The van der Waals surface area contributed by atoms with E-state index < -0.39 is 6.04 Å². The Morgan fingerprint density at radius 2 is 1.69 bits per heavy atom. The summed E-state index contributed by atoms with van der Waals surface area (Å²) in [5, 5.41) is 3.69. The number of ether oxygens (including phenoxy) is 1. The molecule has 2 atom stereocenters. The van der Waals surface area contributed by atoms with Crippen LogP contribution in [0.4, 0.5) is 0 Å². The minimum atomic E-state index is -0.505. The maximum Gasteiger partial charge on any atom is 0.243 e. The molecule has 1 N–H and O–H groups in total. The molecule has 174 valence electrons. The number of carbonyl (C=O) groups is 2. The fourth-order valence-electron chi connectivity index (χ4n) is 3.34. The van der Waals surface area contributed by atoms with Crippen molar-refractivity contribution in [1.29, 1.82) is 0 Å². The van der Waals surface area contributed by atoms with Gasteiger partial charge in [-0.1, -0.05) is 55.3 Å². The summed E-state index contributed by atoms with van der Waals surface area (Å²) >= 11 is 5.90. The van der Waals surface area contributed by atoms with Crippen LogP contribution in [0.5, 0.6) is 5.75 Å². The maximum absolute atomic E-state index is 13.2. The molecule has 2 aromatic rings.